The van der Waals surface area contributed by atoms with E-state index in [1.807, 2.05) is 34.8 Å². The van der Waals surface area contributed by atoms with Crippen molar-refractivity contribution in [3.63, 3.8) is 0 Å². The van der Waals surface area contributed by atoms with Crippen molar-refractivity contribution in [2.24, 2.45) is 0 Å². The summed E-state index contributed by atoms with van der Waals surface area (Å²) in [6.07, 6.45) is 0. The van der Waals surface area contributed by atoms with E-state index in [9.17, 15) is 0 Å². The smallest absolute Gasteiger partial charge is 0.120 e. The van der Waals surface area contributed by atoms with Gasteiger partial charge in [-0.3, -0.25) is 0 Å². The molecule has 0 saturated heterocycles. The highest BCUT2D eigenvalue weighted by atomic mass is 32.1. The maximum Gasteiger partial charge on any atom is 0.120 e. The largest absolute Gasteiger partial charge is 0.497 e. The third-order valence-electron chi connectivity index (χ3n) is 4.50. The van der Waals surface area contributed by atoms with Gasteiger partial charge in [0.2, 0.25) is 0 Å². The van der Waals surface area contributed by atoms with Gasteiger partial charge in [0.15, 0.2) is 0 Å². The summed E-state index contributed by atoms with van der Waals surface area (Å²) in [6, 6.07) is 12.7. The number of thiophene rings is 2. The SMILES string of the molecule is COc1ccc2c(C)c(-c3sc4cc(OC)ccc4c3C)sc2c1. The molecular weight excluding hydrogens is 336 g/mol. The van der Waals surface area contributed by atoms with Crippen molar-refractivity contribution in [2.45, 2.75) is 13.8 Å². The van der Waals surface area contributed by atoms with Crippen LogP contribution in [-0.4, -0.2) is 14.2 Å². The molecule has 24 heavy (non-hydrogen) atoms. The van der Waals surface area contributed by atoms with E-state index in [1.54, 1.807) is 14.2 Å². The normalized spacial score (nSPS) is 11.3. The zero-order valence-electron chi connectivity index (χ0n) is 14.1. The second kappa shape index (κ2) is 5.80. The number of methoxy groups -OCH3 is 2. The van der Waals surface area contributed by atoms with Crippen LogP contribution in [0.4, 0.5) is 0 Å². The summed E-state index contributed by atoms with van der Waals surface area (Å²) in [6.45, 7) is 4.43. The van der Waals surface area contributed by atoms with Crippen LogP contribution >= 0.6 is 22.7 Å². The molecule has 0 unspecified atom stereocenters. The molecule has 2 nitrogen and oxygen atoms in total. The monoisotopic (exact) mass is 354 g/mol. The lowest BCUT2D eigenvalue weighted by atomic mass is 10.1. The second-order valence-corrected chi connectivity index (χ2v) is 7.94. The average molecular weight is 354 g/mol. The number of rotatable bonds is 3. The molecule has 2 aromatic heterocycles. The summed E-state index contributed by atoms with van der Waals surface area (Å²) in [5.74, 6) is 1.82. The molecule has 2 aromatic carbocycles. The fraction of sp³-hybridized carbons (Fsp3) is 0.200. The first-order valence-electron chi connectivity index (χ1n) is 7.77. The van der Waals surface area contributed by atoms with E-state index in [4.69, 9.17) is 9.47 Å². The van der Waals surface area contributed by atoms with Gasteiger partial charge in [-0.15, -0.1) is 22.7 Å². The van der Waals surface area contributed by atoms with Gasteiger partial charge in [0.1, 0.15) is 11.5 Å². The second-order valence-electron chi connectivity index (χ2n) is 5.84. The molecule has 0 amide bonds. The lowest BCUT2D eigenvalue weighted by Crippen LogP contribution is -1.81. The van der Waals surface area contributed by atoms with Crippen LogP contribution in [0.15, 0.2) is 36.4 Å². The van der Waals surface area contributed by atoms with E-state index in [0.29, 0.717) is 0 Å². The van der Waals surface area contributed by atoms with Crippen molar-refractivity contribution in [2.75, 3.05) is 14.2 Å². The molecule has 0 saturated carbocycles. The molecule has 0 fully saturated rings. The minimum atomic E-state index is 0.910. The van der Waals surface area contributed by atoms with Crippen LogP contribution in [0.1, 0.15) is 11.1 Å². The van der Waals surface area contributed by atoms with Gasteiger partial charge < -0.3 is 9.47 Å². The number of fused-ring (bicyclic) bond motifs is 2. The number of hydrogen-bond acceptors (Lipinski definition) is 4. The predicted molar refractivity (Wildman–Crippen MR) is 105 cm³/mol. The summed E-state index contributed by atoms with van der Waals surface area (Å²) in [5, 5.41) is 2.62. The standard InChI is InChI=1S/C20H18O2S2/c1-11-15-7-5-13(21-3)9-17(15)23-19(11)20-12(2)16-8-6-14(22-4)10-18(16)24-20/h5-10H,1-4H3. The van der Waals surface area contributed by atoms with Gasteiger partial charge in [-0.25, -0.2) is 0 Å². The predicted octanol–water partition coefficient (Wildman–Crippen LogP) is 6.42. The lowest BCUT2D eigenvalue weighted by Gasteiger charge is -1.99. The zero-order valence-corrected chi connectivity index (χ0v) is 15.7. The summed E-state index contributed by atoms with van der Waals surface area (Å²) in [4.78, 5) is 2.71. The molecular formula is C20H18O2S2. The number of ether oxygens (including phenoxy) is 2. The van der Waals surface area contributed by atoms with E-state index < -0.39 is 0 Å². The molecule has 4 aromatic rings. The van der Waals surface area contributed by atoms with Gasteiger partial charge in [-0.1, -0.05) is 0 Å². The Kier molecular flexibility index (Phi) is 3.74. The van der Waals surface area contributed by atoms with Crippen LogP contribution in [0, 0.1) is 13.8 Å². The summed E-state index contributed by atoms with van der Waals surface area (Å²) in [5.41, 5.74) is 2.69. The summed E-state index contributed by atoms with van der Waals surface area (Å²) >= 11 is 3.69. The number of hydrogen-bond donors (Lipinski definition) is 0. The Labute approximate surface area is 149 Å². The van der Waals surface area contributed by atoms with E-state index >= 15 is 0 Å². The molecule has 0 atom stereocenters. The molecule has 0 aliphatic heterocycles. The third-order valence-corrected chi connectivity index (χ3v) is 7.17. The first kappa shape index (κ1) is 15.5. The Balaban J connectivity index is 1.95. The van der Waals surface area contributed by atoms with Gasteiger partial charge in [-0.2, -0.15) is 0 Å². The minimum absolute atomic E-state index is 0.910. The Morgan fingerprint density at radius 2 is 1.08 bits per heavy atom. The molecule has 0 radical (unpaired) electrons. The fourth-order valence-corrected chi connectivity index (χ4v) is 5.82. The summed E-state index contributed by atoms with van der Waals surface area (Å²) in [7, 11) is 3.43. The Morgan fingerprint density at radius 1 is 0.667 bits per heavy atom. The van der Waals surface area contributed by atoms with Crippen LogP contribution < -0.4 is 9.47 Å². The van der Waals surface area contributed by atoms with E-state index in [1.165, 1.54) is 41.1 Å². The number of aryl methyl sites for hydroxylation is 2. The zero-order chi connectivity index (χ0) is 16.8. The molecule has 0 N–H and O–H groups in total. The third kappa shape index (κ3) is 2.29. The van der Waals surface area contributed by atoms with Crippen molar-refractivity contribution in [1.29, 1.82) is 0 Å². The topological polar surface area (TPSA) is 18.5 Å². The molecule has 0 aliphatic rings. The Hall–Kier alpha value is -2.04. The minimum Gasteiger partial charge on any atom is -0.497 e. The van der Waals surface area contributed by atoms with Crippen LogP contribution in [0.2, 0.25) is 0 Å². The summed E-state index contributed by atoms with van der Waals surface area (Å²) < 4.78 is 13.3. The lowest BCUT2D eigenvalue weighted by molar-refractivity contribution is 0.415. The van der Waals surface area contributed by atoms with Gasteiger partial charge in [0.05, 0.1) is 14.2 Å². The van der Waals surface area contributed by atoms with Gasteiger partial charge >= 0.3 is 0 Å². The van der Waals surface area contributed by atoms with Crippen molar-refractivity contribution in [1.82, 2.24) is 0 Å². The van der Waals surface area contributed by atoms with Gasteiger partial charge in [-0.05, 0) is 72.1 Å². The number of benzene rings is 2. The van der Waals surface area contributed by atoms with Crippen LogP contribution in [0.3, 0.4) is 0 Å². The highest BCUT2D eigenvalue weighted by Gasteiger charge is 2.17. The average Bonchev–Trinajstić information content (AvgIpc) is 3.11. The maximum atomic E-state index is 5.37. The molecule has 0 bridgehead atoms. The quantitative estimate of drug-likeness (QED) is 0.423. The van der Waals surface area contributed by atoms with Crippen molar-refractivity contribution in [3.8, 4) is 21.3 Å². The Morgan fingerprint density at radius 3 is 1.46 bits per heavy atom. The van der Waals surface area contributed by atoms with Crippen LogP contribution in [-0.2, 0) is 0 Å². The van der Waals surface area contributed by atoms with E-state index in [0.717, 1.165) is 11.5 Å². The van der Waals surface area contributed by atoms with Crippen molar-refractivity contribution < 1.29 is 9.47 Å². The fourth-order valence-electron chi connectivity index (χ4n) is 3.10. The molecule has 0 spiro atoms. The maximum absolute atomic E-state index is 5.37. The van der Waals surface area contributed by atoms with Crippen LogP contribution in [0.25, 0.3) is 29.9 Å². The van der Waals surface area contributed by atoms with Gasteiger partial charge in [0, 0.05) is 19.2 Å². The molecule has 122 valence electrons. The van der Waals surface area contributed by atoms with Crippen molar-refractivity contribution >= 4 is 42.8 Å². The van der Waals surface area contributed by atoms with Crippen LogP contribution in [0.5, 0.6) is 11.5 Å². The molecule has 2 heterocycles. The molecule has 0 aliphatic carbocycles. The highest BCUT2D eigenvalue weighted by molar-refractivity contribution is 7.28. The Bertz CT molecular complexity index is 971. The highest BCUT2D eigenvalue weighted by Crippen LogP contribution is 2.46. The van der Waals surface area contributed by atoms with E-state index in [-0.39, 0.29) is 0 Å². The van der Waals surface area contributed by atoms with Crippen molar-refractivity contribution in [3.05, 3.63) is 47.5 Å². The molecule has 4 heteroatoms. The first-order valence-corrected chi connectivity index (χ1v) is 9.40. The first-order chi connectivity index (χ1) is 11.6. The van der Waals surface area contributed by atoms with E-state index in [2.05, 4.69) is 38.1 Å². The van der Waals surface area contributed by atoms with Gasteiger partial charge in [0.25, 0.3) is 0 Å². The molecule has 4 rings (SSSR count).